The summed E-state index contributed by atoms with van der Waals surface area (Å²) in [5.41, 5.74) is 4.40. The molecule has 0 aliphatic carbocycles. The molecule has 1 amide bonds. The van der Waals surface area contributed by atoms with E-state index in [1.54, 1.807) is 18.5 Å². The Bertz CT molecular complexity index is 1420. The minimum absolute atomic E-state index is 0.126. The van der Waals surface area contributed by atoms with Crippen LogP contribution in [0, 0.1) is 6.92 Å². The van der Waals surface area contributed by atoms with Crippen molar-refractivity contribution in [2.45, 2.75) is 6.92 Å². The predicted octanol–water partition coefficient (Wildman–Crippen LogP) is 4.09. The lowest BCUT2D eigenvalue weighted by Gasteiger charge is -2.09. The molecule has 0 saturated heterocycles. The Labute approximate surface area is 197 Å². The van der Waals surface area contributed by atoms with Gasteiger partial charge < -0.3 is 20.5 Å². The van der Waals surface area contributed by atoms with Crippen molar-refractivity contribution in [3.05, 3.63) is 89.0 Å². The van der Waals surface area contributed by atoms with Gasteiger partial charge in [0.25, 0.3) is 5.56 Å². The van der Waals surface area contributed by atoms with Gasteiger partial charge in [-0.3, -0.25) is 9.59 Å². The average Bonchev–Trinajstić information content (AvgIpc) is 2.79. The van der Waals surface area contributed by atoms with E-state index < -0.39 is 0 Å². The minimum atomic E-state index is -0.191. The lowest BCUT2D eigenvalue weighted by Crippen LogP contribution is -2.13. The zero-order valence-corrected chi connectivity index (χ0v) is 19.3. The largest absolute Gasteiger partial charge is 0.329 e. The smallest absolute Gasteiger partial charge is 0.256 e. The maximum absolute atomic E-state index is 12.3. The van der Waals surface area contributed by atoms with E-state index in [0.29, 0.717) is 23.7 Å². The van der Waals surface area contributed by atoms with E-state index in [1.807, 2.05) is 74.4 Å². The molecule has 34 heavy (non-hydrogen) atoms. The van der Waals surface area contributed by atoms with E-state index in [-0.39, 0.29) is 11.5 Å². The molecule has 0 aliphatic rings. The summed E-state index contributed by atoms with van der Waals surface area (Å²) in [6.07, 6.45) is 6.69. The maximum atomic E-state index is 12.3. The fourth-order valence-electron chi connectivity index (χ4n) is 3.54. The van der Waals surface area contributed by atoms with Gasteiger partial charge in [0.1, 0.15) is 0 Å². The van der Waals surface area contributed by atoms with Crippen LogP contribution in [0.3, 0.4) is 0 Å². The summed E-state index contributed by atoms with van der Waals surface area (Å²) in [7, 11) is 3.88. The molecule has 2 heterocycles. The van der Waals surface area contributed by atoms with Crippen molar-refractivity contribution in [3.8, 4) is 11.1 Å². The number of nitrogens with one attached hydrogen (secondary N) is 3. The van der Waals surface area contributed by atoms with Crippen molar-refractivity contribution in [2.24, 2.45) is 0 Å². The SMILES string of the molecule is Cc1cc[nH]c(=O)c1-c1ccc2nc(Nc3cccc(NC(=O)/C=C/CN(C)C)c3)ncc2c1. The number of hydrogen-bond acceptors (Lipinski definition) is 6. The third-order valence-corrected chi connectivity index (χ3v) is 5.16. The zero-order valence-electron chi connectivity index (χ0n) is 19.3. The summed E-state index contributed by atoms with van der Waals surface area (Å²) in [6, 6.07) is 14.9. The van der Waals surface area contributed by atoms with Gasteiger partial charge in [-0.05, 0) is 68.5 Å². The van der Waals surface area contributed by atoms with Crippen molar-refractivity contribution < 1.29 is 4.79 Å². The van der Waals surface area contributed by atoms with Crippen molar-refractivity contribution >= 4 is 34.1 Å². The lowest BCUT2D eigenvalue weighted by atomic mass is 10.0. The number of likely N-dealkylation sites (N-methyl/N-ethyl adjacent to an activating group) is 1. The third kappa shape index (κ3) is 5.54. The predicted molar refractivity (Wildman–Crippen MR) is 136 cm³/mol. The van der Waals surface area contributed by atoms with E-state index in [1.165, 1.54) is 6.08 Å². The van der Waals surface area contributed by atoms with Gasteiger partial charge in [0.2, 0.25) is 11.9 Å². The molecule has 0 unspecified atom stereocenters. The van der Waals surface area contributed by atoms with E-state index in [4.69, 9.17) is 0 Å². The topological polar surface area (TPSA) is 103 Å². The van der Waals surface area contributed by atoms with Crippen LogP contribution in [0.25, 0.3) is 22.0 Å². The summed E-state index contributed by atoms with van der Waals surface area (Å²) < 4.78 is 0. The number of anilines is 3. The summed E-state index contributed by atoms with van der Waals surface area (Å²) >= 11 is 0. The van der Waals surface area contributed by atoms with Crippen LogP contribution in [0.2, 0.25) is 0 Å². The first kappa shape index (κ1) is 22.9. The normalized spacial score (nSPS) is 11.3. The number of aromatic amines is 1. The zero-order chi connectivity index (χ0) is 24.1. The molecule has 0 spiro atoms. The summed E-state index contributed by atoms with van der Waals surface area (Å²) in [5.74, 6) is 0.243. The van der Waals surface area contributed by atoms with Gasteiger partial charge in [-0.15, -0.1) is 0 Å². The highest BCUT2D eigenvalue weighted by Gasteiger charge is 2.09. The van der Waals surface area contributed by atoms with E-state index in [2.05, 4.69) is 25.6 Å². The quantitative estimate of drug-likeness (QED) is 0.364. The molecule has 0 atom stereocenters. The second-order valence-electron chi connectivity index (χ2n) is 8.19. The first-order valence-electron chi connectivity index (χ1n) is 10.8. The fourth-order valence-corrected chi connectivity index (χ4v) is 3.54. The number of benzene rings is 2. The summed E-state index contributed by atoms with van der Waals surface area (Å²) in [6.45, 7) is 2.60. The molecule has 2 aromatic heterocycles. The first-order valence-corrected chi connectivity index (χ1v) is 10.8. The van der Waals surface area contributed by atoms with Crippen LogP contribution >= 0.6 is 0 Å². The van der Waals surface area contributed by atoms with Gasteiger partial charge in [0, 0.05) is 47.3 Å². The molecule has 172 valence electrons. The van der Waals surface area contributed by atoms with Gasteiger partial charge in [0.05, 0.1) is 5.52 Å². The Balaban J connectivity index is 1.51. The molecule has 8 nitrogen and oxygen atoms in total. The van der Waals surface area contributed by atoms with E-state index in [9.17, 15) is 9.59 Å². The highest BCUT2D eigenvalue weighted by atomic mass is 16.1. The van der Waals surface area contributed by atoms with Crippen LogP contribution in [-0.2, 0) is 4.79 Å². The Hall–Kier alpha value is -4.30. The van der Waals surface area contributed by atoms with Crippen molar-refractivity contribution in [1.29, 1.82) is 0 Å². The standard InChI is InChI=1S/C26H26N6O2/c1-17-11-12-27-25(34)24(17)18-9-10-22-19(14-18)16-28-26(31-22)30-21-7-4-6-20(15-21)29-23(33)8-5-13-32(2)3/h4-12,14-16H,13H2,1-3H3,(H,27,34)(H,29,33)(H,28,30,31)/b8-5+. The lowest BCUT2D eigenvalue weighted by molar-refractivity contribution is -0.111. The number of aryl methyl sites for hydroxylation is 1. The molecule has 2 aromatic carbocycles. The molecule has 0 saturated carbocycles. The number of carbonyl (C=O) groups is 1. The number of nitrogens with zero attached hydrogens (tertiary/aromatic N) is 3. The number of H-pyrrole nitrogens is 1. The van der Waals surface area contributed by atoms with E-state index >= 15 is 0 Å². The summed E-state index contributed by atoms with van der Waals surface area (Å²) in [4.78, 5) is 38.1. The molecule has 0 aliphatic heterocycles. The molecule has 3 N–H and O–H groups in total. The number of aromatic nitrogens is 3. The molecule has 0 bridgehead atoms. The first-order chi connectivity index (χ1) is 16.4. The van der Waals surface area contributed by atoms with Crippen LogP contribution in [-0.4, -0.2) is 46.4 Å². The molecule has 4 aromatic rings. The fraction of sp³-hybridized carbons (Fsp3) is 0.154. The van der Waals surface area contributed by atoms with Gasteiger partial charge in [-0.25, -0.2) is 9.97 Å². The third-order valence-electron chi connectivity index (χ3n) is 5.16. The van der Waals surface area contributed by atoms with Crippen molar-refractivity contribution in [1.82, 2.24) is 19.9 Å². The number of hydrogen-bond donors (Lipinski definition) is 3. The number of carbonyl (C=O) groups excluding carboxylic acids is 1. The second-order valence-corrected chi connectivity index (χ2v) is 8.19. The Kier molecular flexibility index (Phi) is 6.79. The van der Waals surface area contributed by atoms with Gasteiger partial charge >= 0.3 is 0 Å². The molecule has 4 rings (SSSR count). The van der Waals surface area contributed by atoms with E-state index in [0.717, 1.165) is 27.7 Å². The van der Waals surface area contributed by atoms with Gasteiger partial charge in [0.15, 0.2) is 0 Å². The number of amides is 1. The average molecular weight is 455 g/mol. The van der Waals surface area contributed by atoms with Crippen LogP contribution < -0.4 is 16.2 Å². The Morgan fingerprint density at radius 3 is 2.74 bits per heavy atom. The highest BCUT2D eigenvalue weighted by Crippen LogP contribution is 2.25. The van der Waals surface area contributed by atoms with Crippen LogP contribution in [0.15, 0.2) is 77.9 Å². The maximum Gasteiger partial charge on any atom is 0.256 e. The Morgan fingerprint density at radius 1 is 1.12 bits per heavy atom. The van der Waals surface area contributed by atoms with Crippen LogP contribution in [0.5, 0.6) is 0 Å². The number of pyridine rings is 1. The minimum Gasteiger partial charge on any atom is -0.329 e. The monoisotopic (exact) mass is 454 g/mol. The van der Waals surface area contributed by atoms with Gasteiger partial charge in [-0.2, -0.15) is 0 Å². The van der Waals surface area contributed by atoms with Crippen molar-refractivity contribution in [3.63, 3.8) is 0 Å². The summed E-state index contributed by atoms with van der Waals surface area (Å²) in [5, 5.41) is 6.86. The molecular weight excluding hydrogens is 428 g/mol. The molecule has 8 heteroatoms. The van der Waals surface area contributed by atoms with Crippen LogP contribution in [0.4, 0.5) is 17.3 Å². The number of fused-ring (bicyclic) bond motifs is 1. The van der Waals surface area contributed by atoms with Gasteiger partial charge in [-0.1, -0.05) is 18.2 Å². The molecular formula is C26H26N6O2. The second kappa shape index (κ2) is 10.1. The van der Waals surface area contributed by atoms with Crippen LogP contribution in [0.1, 0.15) is 5.56 Å². The molecule has 0 radical (unpaired) electrons. The number of rotatable bonds is 7. The highest BCUT2D eigenvalue weighted by molar-refractivity contribution is 5.99. The molecule has 0 fully saturated rings. The van der Waals surface area contributed by atoms with Crippen molar-refractivity contribution in [2.75, 3.05) is 31.3 Å². The Morgan fingerprint density at radius 2 is 1.94 bits per heavy atom.